The van der Waals surface area contributed by atoms with Crippen LogP contribution in [-0.4, -0.2) is 35.8 Å². The van der Waals surface area contributed by atoms with Gasteiger partial charge in [0.05, 0.1) is 0 Å². The highest BCUT2D eigenvalue weighted by molar-refractivity contribution is 5.84. The van der Waals surface area contributed by atoms with Crippen LogP contribution in [0.5, 0.6) is 0 Å². The van der Waals surface area contributed by atoms with Gasteiger partial charge in [0.15, 0.2) is 0 Å². The number of hydrogen-bond acceptors (Lipinski definition) is 3. The molecule has 1 atom stereocenters. The smallest absolute Gasteiger partial charge is 0.242 e. The van der Waals surface area contributed by atoms with Gasteiger partial charge >= 0.3 is 0 Å². The number of rotatable bonds is 5. The van der Waals surface area contributed by atoms with Gasteiger partial charge in [-0.3, -0.25) is 14.5 Å². The van der Waals surface area contributed by atoms with E-state index in [1.807, 2.05) is 30.3 Å². The van der Waals surface area contributed by atoms with Gasteiger partial charge in [-0.05, 0) is 44.3 Å². The van der Waals surface area contributed by atoms with Crippen LogP contribution in [0.2, 0.25) is 0 Å². The quantitative estimate of drug-likeness (QED) is 0.858. The lowest BCUT2D eigenvalue weighted by atomic mass is 9.93. The average molecular weight is 301 g/mol. The number of primary amides is 1. The summed E-state index contributed by atoms with van der Waals surface area (Å²) < 4.78 is 0. The third-order valence-electron chi connectivity index (χ3n) is 4.58. The fraction of sp³-hybridized carbons (Fsp3) is 0.529. The van der Waals surface area contributed by atoms with Crippen molar-refractivity contribution in [3.63, 3.8) is 0 Å². The van der Waals surface area contributed by atoms with Crippen molar-refractivity contribution in [3.05, 3.63) is 35.9 Å². The second-order valence-corrected chi connectivity index (χ2v) is 6.31. The Morgan fingerprint density at radius 2 is 1.73 bits per heavy atom. The SMILES string of the molecule is NC(=O)C1CCN([C@@H](C(=O)NC2CC2)c2ccccc2)CC1. The van der Waals surface area contributed by atoms with Gasteiger partial charge in [-0.2, -0.15) is 0 Å². The lowest BCUT2D eigenvalue weighted by Crippen LogP contribution is -2.46. The van der Waals surface area contributed by atoms with E-state index in [0.717, 1.165) is 44.3 Å². The van der Waals surface area contributed by atoms with E-state index >= 15 is 0 Å². The molecule has 118 valence electrons. The van der Waals surface area contributed by atoms with Crippen LogP contribution >= 0.6 is 0 Å². The number of amides is 2. The molecule has 3 rings (SSSR count). The zero-order chi connectivity index (χ0) is 15.5. The van der Waals surface area contributed by atoms with Crippen molar-refractivity contribution in [2.45, 2.75) is 37.8 Å². The number of likely N-dealkylation sites (tertiary alicyclic amines) is 1. The Bertz CT molecular complexity index is 534. The largest absolute Gasteiger partial charge is 0.369 e. The van der Waals surface area contributed by atoms with Crippen molar-refractivity contribution in [2.75, 3.05) is 13.1 Å². The first kappa shape index (κ1) is 15.0. The summed E-state index contributed by atoms with van der Waals surface area (Å²) in [6, 6.07) is 9.96. The molecule has 0 unspecified atom stereocenters. The first-order chi connectivity index (χ1) is 10.6. The molecule has 1 heterocycles. The van der Waals surface area contributed by atoms with Crippen LogP contribution in [0, 0.1) is 5.92 Å². The second-order valence-electron chi connectivity index (χ2n) is 6.31. The van der Waals surface area contributed by atoms with Crippen LogP contribution in [0.3, 0.4) is 0 Å². The Labute approximate surface area is 130 Å². The van der Waals surface area contributed by atoms with Gasteiger partial charge in [0.25, 0.3) is 0 Å². The highest BCUT2D eigenvalue weighted by Gasteiger charge is 2.34. The highest BCUT2D eigenvalue weighted by atomic mass is 16.2. The maximum Gasteiger partial charge on any atom is 0.242 e. The molecule has 1 aliphatic carbocycles. The predicted molar refractivity (Wildman–Crippen MR) is 83.8 cm³/mol. The molecule has 0 radical (unpaired) electrons. The minimum Gasteiger partial charge on any atom is -0.369 e. The summed E-state index contributed by atoms with van der Waals surface area (Å²) in [5.74, 6) is -0.205. The summed E-state index contributed by atoms with van der Waals surface area (Å²) in [5.41, 5.74) is 6.41. The molecule has 22 heavy (non-hydrogen) atoms. The topological polar surface area (TPSA) is 75.4 Å². The van der Waals surface area contributed by atoms with E-state index in [1.165, 1.54) is 0 Å². The molecular formula is C17H23N3O2. The molecule has 1 saturated heterocycles. The third kappa shape index (κ3) is 3.47. The van der Waals surface area contributed by atoms with Gasteiger partial charge in [0.1, 0.15) is 6.04 Å². The molecule has 3 N–H and O–H groups in total. The molecule has 2 aliphatic rings. The summed E-state index contributed by atoms with van der Waals surface area (Å²) in [6.07, 6.45) is 3.62. The monoisotopic (exact) mass is 301 g/mol. The molecule has 5 nitrogen and oxygen atoms in total. The number of carbonyl (C=O) groups excluding carboxylic acids is 2. The zero-order valence-electron chi connectivity index (χ0n) is 12.7. The Morgan fingerprint density at radius 3 is 2.27 bits per heavy atom. The van der Waals surface area contributed by atoms with Gasteiger partial charge in [0, 0.05) is 12.0 Å². The molecule has 2 fully saturated rings. The summed E-state index contributed by atoms with van der Waals surface area (Å²) in [6.45, 7) is 1.45. The van der Waals surface area contributed by atoms with Crippen LogP contribution < -0.4 is 11.1 Å². The van der Waals surface area contributed by atoms with Crippen molar-refractivity contribution < 1.29 is 9.59 Å². The Kier molecular flexibility index (Phi) is 4.43. The van der Waals surface area contributed by atoms with Crippen LogP contribution in [-0.2, 0) is 9.59 Å². The first-order valence-electron chi connectivity index (χ1n) is 8.04. The lowest BCUT2D eigenvalue weighted by molar-refractivity contribution is -0.128. The number of carbonyl (C=O) groups is 2. The molecule has 0 bridgehead atoms. The van der Waals surface area contributed by atoms with Gasteiger partial charge in [-0.1, -0.05) is 30.3 Å². The van der Waals surface area contributed by atoms with Gasteiger partial charge in [-0.25, -0.2) is 0 Å². The van der Waals surface area contributed by atoms with E-state index in [9.17, 15) is 9.59 Å². The molecule has 1 aromatic carbocycles. The number of nitrogens with one attached hydrogen (secondary N) is 1. The van der Waals surface area contributed by atoms with Gasteiger partial charge in [-0.15, -0.1) is 0 Å². The van der Waals surface area contributed by atoms with Crippen LogP contribution in [0.1, 0.15) is 37.3 Å². The molecule has 0 spiro atoms. The Balaban J connectivity index is 1.73. The summed E-state index contributed by atoms with van der Waals surface area (Å²) in [7, 11) is 0. The van der Waals surface area contributed by atoms with Gasteiger partial charge < -0.3 is 11.1 Å². The minimum absolute atomic E-state index is 0.0563. The molecule has 1 saturated carbocycles. The standard InChI is InChI=1S/C17H23N3O2/c18-16(21)13-8-10-20(11-9-13)15(12-4-2-1-3-5-12)17(22)19-14-6-7-14/h1-5,13-15H,6-11H2,(H2,18,21)(H,19,22)/t15-/m1/s1. The normalized spacial score (nSPS) is 21.3. The van der Waals surface area contributed by atoms with E-state index in [2.05, 4.69) is 10.2 Å². The molecular weight excluding hydrogens is 278 g/mol. The summed E-state index contributed by atoms with van der Waals surface area (Å²) in [4.78, 5) is 26.2. The average Bonchev–Trinajstić information content (AvgIpc) is 3.33. The third-order valence-corrected chi connectivity index (χ3v) is 4.58. The summed E-state index contributed by atoms with van der Waals surface area (Å²) in [5, 5.41) is 3.11. The lowest BCUT2D eigenvalue weighted by Gasteiger charge is -2.36. The van der Waals surface area contributed by atoms with E-state index in [4.69, 9.17) is 5.73 Å². The van der Waals surface area contributed by atoms with Gasteiger partial charge in [0.2, 0.25) is 11.8 Å². The highest BCUT2D eigenvalue weighted by Crippen LogP contribution is 2.28. The second kappa shape index (κ2) is 6.48. The molecule has 0 aromatic heterocycles. The fourth-order valence-electron chi connectivity index (χ4n) is 3.11. The Hall–Kier alpha value is -1.88. The number of hydrogen-bond donors (Lipinski definition) is 2. The van der Waals surface area contributed by atoms with E-state index in [0.29, 0.717) is 6.04 Å². The van der Waals surface area contributed by atoms with E-state index in [-0.39, 0.29) is 23.8 Å². The maximum absolute atomic E-state index is 12.7. The number of benzene rings is 1. The van der Waals surface area contributed by atoms with Crippen LogP contribution in [0.25, 0.3) is 0 Å². The van der Waals surface area contributed by atoms with Crippen molar-refractivity contribution in [3.8, 4) is 0 Å². The first-order valence-corrected chi connectivity index (χ1v) is 8.04. The van der Waals surface area contributed by atoms with E-state index in [1.54, 1.807) is 0 Å². The van der Waals surface area contributed by atoms with Crippen molar-refractivity contribution >= 4 is 11.8 Å². The van der Waals surface area contributed by atoms with Crippen molar-refractivity contribution in [1.29, 1.82) is 0 Å². The molecule has 5 heteroatoms. The predicted octanol–water partition coefficient (Wildman–Crippen LogP) is 1.20. The molecule has 1 aromatic rings. The van der Waals surface area contributed by atoms with Crippen molar-refractivity contribution in [1.82, 2.24) is 10.2 Å². The number of nitrogens with zero attached hydrogens (tertiary/aromatic N) is 1. The number of nitrogens with two attached hydrogens (primary N) is 1. The van der Waals surface area contributed by atoms with Crippen LogP contribution in [0.4, 0.5) is 0 Å². The zero-order valence-corrected chi connectivity index (χ0v) is 12.7. The van der Waals surface area contributed by atoms with E-state index < -0.39 is 0 Å². The minimum atomic E-state index is -0.268. The summed E-state index contributed by atoms with van der Waals surface area (Å²) >= 11 is 0. The Morgan fingerprint density at radius 1 is 1.09 bits per heavy atom. The molecule has 1 aliphatic heterocycles. The molecule has 2 amide bonds. The number of piperidine rings is 1. The van der Waals surface area contributed by atoms with Crippen LogP contribution in [0.15, 0.2) is 30.3 Å². The van der Waals surface area contributed by atoms with Crippen molar-refractivity contribution in [2.24, 2.45) is 11.7 Å². The maximum atomic E-state index is 12.7. The fourth-order valence-corrected chi connectivity index (χ4v) is 3.11.